The van der Waals surface area contributed by atoms with Crippen molar-refractivity contribution in [3.63, 3.8) is 0 Å². The fraction of sp³-hybridized carbons (Fsp3) is 0.385. The van der Waals surface area contributed by atoms with Crippen LogP contribution >= 0.6 is 0 Å². The van der Waals surface area contributed by atoms with Crippen LogP contribution in [0.2, 0.25) is 0 Å². The molecular formula is C13H15FO3. The van der Waals surface area contributed by atoms with E-state index in [9.17, 15) is 4.39 Å². The minimum Gasteiger partial charge on any atom is -0.491 e. The third kappa shape index (κ3) is 5.34. The SMILES string of the molecule is CCOCCOc1cc(F)cc(C#CCO)c1. The average molecular weight is 238 g/mol. The van der Waals surface area contributed by atoms with E-state index in [0.29, 0.717) is 31.1 Å². The second-order valence-corrected chi connectivity index (χ2v) is 3.18. The highest BCUT2D eigenvalue weighted by Crippen LogP contribution is 2.15. The van der Waals surface area contributed by atoms with Gasteiger partial charge in [0, 0.05) is 18.2 Å². The summed E-state index contributed by atoms with van der Waals surface area (Å²) in [5.41, 5.74) is 0.477. The monoisotopic (exact) mass is 238 g/mol. The lowest BCUT2D eigenvalue weighted by Gasteiger charge is -2.06. The molecule has 1 aromatic carbocycles. The predicted molar refractivity (Wildman–Crippen MR) is 62.4 cm³/mol. The smallest absolute Gasteiger partial charge is 0.128 e. The molecule has 1 rings (SSSR count). The zero-order valence-corrected chi connectivity index (χ0v) is 9.70. The number of halogens is 1. The number of aliphatic hydroxyl groups is 1. The third-order valence-electron chi connectivity index (χ3n) is 1.88. The number of hydrogen-bond acceptors (Lipinski definition) is 3. The van der Waals surface area contributed by atoms with Crippen molar-refractivity contribution in [3.8, 4) is 17.6 Å². The first-order valence-corrected chi connectivity index (χ1v) is 5.37. The summed E-state index contributed by atoms with van der Waals surface area (Å²) in [7, 11) is 0. The zero-order valence-electron chi connectivity index (χ0n) is 9.70. The highest BCUT2D eigenvalue weighted by Gasteiger charge is 2.00. The maximum atomic E-state index is 13.2. The third-order valence-corrected chi connectivity index (χ3v) is 1.88. The molecule has 1 aromatic rings. The average Bonchev–Trinajstić information content (AvgIpc) is 2.31. The topological polar surface area (TPSA) is 38.7 Å². The minimum absolute atomic E-state index is 0.253. The molecule has 0 unspecified atom stereocenters. The molecule has 0 saturated carbocycles. The quantitative estimate of drug-likeness (QED) is 0.625. The van der Waals surface area contributed by atoms with Gasteiger partial charge < -0.3 is 14.6 Å². The van der Waals surface area contributed by atoms with Crippen molar-refractivity contribution in [3.05, 3.63) is 29.6 Å². The molecule has 4 heteroatoms. The van der Waals surface area contributed by atoms with E-state index in [-0.39, 0.29) is 6.61 Å². The van der Waals surface area contributed by atoms with Crippen LogP contribution in [0, 0.1) is 17.7 Å². The van der Waals surface area contributed by atoms with Crippen molar-refractivity contribution in [1.82, 2.24) is 0 Å². The Bertz CT molecular complexity index is 407. The van der Waals surface area contributed by atoms with Crippen LogP contribution in [0.15, 0.2) is 18.2 Å². The molecule has 0 aliphatic rings. The Morgan fingerprint density at radius 2 is 2.12 bits per heavy atom. The van der Waals surface area contributed by atoms with Crippen LogP contribution in [0.1, 0.15) is 12.5 Å². The number of benzene rings is 1. The van der Waals surface area contributed by atoms with Gasteiger partial charge in [-0.15, -0.1) is 0 Å². The second-order valence-electron chi connectivity index (χ2n) is 3.18. The van der Waals surface area contributed by atoms with Gasteiger partial charge in [-0.05, 0) is 19.1 Å². The van der Waals surface area contributed by atoms with Gasteiger partial charge in [-0.3, -0.25) is 0 Å². The van der Waals surface area contributed by atoms with E-state index in [1.54, 1.807) is 6.07 Å². The molecule has 0 amide bonds. The number of rotatable bonds is 5. The number of hydrogen-bond donors (Lipinski definition) is 1. The van der Waals surface area contributed by atoms with Gasteiger partial charge in [0.2, 0.25) is 0 Å². The molecule has 0 saturated heterocycles. The van der Waals surface area contributed by atoms with Gasteiger partial charge in [0.25, 0.3) is 0 Å². The Morgan fingerprint density at radius 1 is 1.29 bits per heavy atom. The molecule has 0 aromatic heterocycles. The van der Waals surface area contributed by atoms with Gasteiger partial charge in [-0.1, -0.05) is 11.8 Å². The fourth-order valence-electron chi connectivity index (χ4n) is 1.22. The molecule has 0 aliphatic heterocycles. The second kappa shape index (κ2) is 7.66. The summed E-state index contributed by atoms with van der Waals surface area (Å²) in [5, 5.41) is 8.55. The van der Waals surface area contributed by atoms with Crippen LogP contribution in [-0.2, 0) is 4.74 Å². The first-order chi connectivity index (χ1) is 8.26. The lowest BCUT2D eigenvalue weighted by Crippen LogP contribution is -2.06. The Hall–Kier alpha value is -1.57. The van der Waals surface area contributed by atoms with Crippen LogP contribution in [0.25, 0.3) is 0 Å². The van der Waals surface area contributed by atoms with E-state index in [1.807, 2.05) is 6.92 Å². The van der Waals surface area contributed by atoms with Crippen LogP contribution in [0.5, 0.6) is 5.75 Å². The van der Waals surface area contributed by atoms with Gasteiger partial charge in [0.05, 0.1) is 6.61 Å². The lowest BCUT2D eigenvalue weighted by atomic mass is 10.2. The van der Waals surface area contributed by atoms with E-state index >= 15 is 0 Å². The molecule has 3 nitrogen and oxygen atoms in total. The van der Waals surface area contributed by atoms with E-state index < -0.39 is 5.82 Å². The molecule has 1 N–H and O–H groups in total. The van der Waals surface area contributed by atoms with E-state index in [4.69, 9.17) is 14.6 Å². The minimum atomic E-state index is -0.416. The Labute approximate surface area is 100 Å². The number of ether oxygens (including phenoxy) is 2. The summed E-state index contributed by atoms with van der Waals surface area (Å²) in [5.74, 6) is 5.07. The molecule has 0 radical (unpaired) electrons. The Kier molecular flexibility index (Phi) is 6.08. The van der Waals surface area contributed by atoms with Crippen molar-refractivity contribution in [2.75, 3.05) is 26.4 Å². The first-order valence-electron chi connectivity index (χ1n) is 5.37. The summed E-state index contributed by atoms with van der Waals surface area (Å²) < 4.78 is 23.6. The van der Waals surface area contributed by atoms with Gasteiger partial charge >= 0.3 is 0 Å². The van der Waals surface area contributed by atoms with Crippen molar-refractivity contribution in [1.29, 1.82) is 0 Å². The standard InChI is InChI=1S/C13H15FO3/c1-2-16-6-7-17-13-9-11(4-3-5-15)8-12(14)10-13/h8-10,15H,2,5-7H2,1H3. The molecule has 17 heavy (non-hydrogen) atoms. The molecular weight excluding hydrogens is 223 g/mol. The van der Waals surface area contributed by atoms with Crippen LogP contribution < -0.4 is 4.74 Å². The maximum absolute atomic E-state index is 13.2. The van der Waals surface area contributed by atoms with Crippen molar-refractivity contribution < 1.29 is 19.0 Å². The normalized spacial score (nSPS) is 9.59. The van der Waals surface area contributed by atoms with Gasteiger partial charge in [-0.25, -0.2) is 4.39 Å². The molecule has 0 spiro atoms. The summed E-state index contributed by atoms with van der Waals surface area (Å²) in [4.78, 5) is 0. The van der Waals surface area contributed by atoms with Crippen LogP contribution in [0.3, 0.4) is 0 Å². The highest BCUT2D eigenvalue weighted by atomic mass is 19.1. The van der Waals surface area contributed by atoms with E-state index in [1.165, 1.54) is 12.1 Å². The summed E-state index contributed by atoms with van der Waals surface area (Å²) in [6, 6.07) is 4.20. The fourth-order valence-corrected chi connectivity index (χ4v) is 1.22. The Balaban J connectivity index is 2.62. The predicted octanol–water partition coefficient (Wildman–Crippen LogP) is 1.58. The maximum Gasteiger partial charge on any atom is 0.128 e. The van der Waals surface area contributed by atoms with E-state index in [0.717, 1.165) is 0 Å². The van der Waals surface area contributed by atoms with Crippen molar-refractivity contribution in [2.24, 2.45) is 0 Å². The van der Waals surface area contributed by atoms with Crippen molar-refractivity contribution >= 4 is 0 Å². The molecule has 0 fully saturated rings. The zero-order chi connectivity index (χ0) is 12.5. The van der Waals surface area contributed by atoms with Crippen molar-refractivity contribution in [2.45, 2.75) is 6.92 Å². The first kappa shape index (κ1) is 13.5. The van der Waals surface area contributed by atoms with Gasteiger partial charge in [-0.2, -0.15) is 0 Å². The highest BCUT2D eigenvalue weighted by molar-refractivity contribution is 5.40. The number of aliphatic hydroxyl groups excluding tert-OH is 1. The molecule has 0 heterocycles. The Morgan fingerprint density at radius 3 is 2.82 bits per heavy atom. The molecule has 0 bridgehead atoms. The molecule has 0 atom stereocenters. The molecule has 92 valence electrons. The summed E-state index contributed by atoms with van der Waals surface area (Å²) in [6.07, 6.45) is 0. The van der Waals surface area contributed by atoms with Crippen LogP contribution in [-0.4, -0.2) is 31.5 Å². The van der Waals surface area contributed by atoms with Gasteiger partial charge in [0.1, 0.15) is 24.8 Å². The van der Waals surface area contributed by atoms with Crippen LogP contribution in [0.4, 0.5) is 4.39 Å². The van der Waals surface area contributed by atoms with Gasteiger partial charge in [0.15, 0.2) is 0 Å². The molecule has 0 aliphatic carbocycles. The summed E-state index contributed by atoms with van der Waals surface area (Å²) >= 11 is 0. The summed E-state index contributed by atoms with van der Waals surface area (Å²) in [6.45, 7) is 3.09. The lowest BCUT2D eigenvalue weighted by molar-refractivity contribution is 0.110. The van der Waals surface area contributed by atoms with E-state index in [2.05, 4.69) is 11.8 Å². The largest absolute Gasteiger partial charge is 0.491 e.